The zero-order valence-electron chi connectivity index (χ0n) is 13.4. The molecule has 0 amide bonds. The molecule has 0 radical (unpaired) electrons. The van der Waals surface area contributed by atoms with Gasteiger partial charge in [-0.15, -0.1) is 5.10 Å². The van der Waals surface area contributed by atoms with Gasteiger partial charge < -0.3 is 9.84 Å². The number of nitrogens with zero attached hydrogens (tertiary/aromatic N) is 4. The van der Waals surface area contributed by atoms with E-state index in [9.17, 15) is 9.50 Å². The molecule has 3 heterocycles. The number of aromatic hydroxyl groups is 1. The summed E-state index contributed by atoms with van der Waals surface area (Å²) in [6, 6.07) is 4.09. The van der Waals surface area contributed by atoms with Crippen LogP contribution in [-0.4, -0.2) is 50.9 Å². The summed E-state index contributed by atoms with van der Waals surface area (Å²) in [6.45, 7) is 4.07. The van der Waals surface area contributed by atoms with Crippen molar-refractivity contribution in [2.45, 2.75) is 13.0 Å². The fourth-order valence-corrected chi connectivity index (χ4v) is 4.52. The summed E-state index contributed by atoms with van der Waals surface area (Å²) in [5.41, 5.74) is 0.350. The van der Waals surface area contributed by atoms with E-state index in [-0.39, 0.29) is 5.88 Å². The number of rotatable bonds is 3. The number of thiazole rings is 1. The van der Waals surface area contributed by atoms with Crippen LogP contribution in [0.25, 0.3) is 4.96 Å². The summed E-state index contributed by atoms with van der Waals surface area (Å²) >= 11 is 7.62. The molecular formula is C16H16ClFN4O2S. The van der Waals surface area contributed by atoms with E-state index in [1.54, 1.807) is 19.1 Å². The molecule has 1 aliphatic rings. The average Bonchev–Trinajstić information content (AvgIpc) is 3.10. The number of aryl methyl sites for hydroxylation is 1. The van der Waals surface area contributed by atoms with Crippen LogP contribution < -0.4 is 0 Å². The summed E-state index contributed by atoms with van der Waals surface area (Å²) in [7, 11) is 0. The summed E-state index contributed by atoms with van der Waals surface area (Å²) in [5.74, 6) is 0.134. The molecule has 1 saturated heterocycles. The Balaban J connectivity index is 1.90. The standard InChI is InChI=1S/C16H16ClFN4O2S/c1-9-19-16-22(20-9)15(23)14(25-16)13(21-5-7-24-8-6-21)12-10(17)3-2-4-11(12)18/h2-4,13,23H,5-8H2,1H3. The van der Waals surface area contributed by atoms with Crippen molar-refractivity contribution in [2.24, 2.45) is 0 Å². The number of benzene rings is 1. The summed E-state index contributed by atoms with van der Waals surface area (Å²) in [4.78, 5) is 7.50. The third-order valence-corrected chi connectivity index (χ3v) is 5.64. The molecule has 1 aliphatic heterocycles. The average molecular weight is 383 g/mol. The first-order valence-corrected chi connectivity index (χ1v) is 9.06. The van der Waals surface area contributed by atoms with Crippen LogP contribution in [-0.2, 0) is 4.74 Å². The van der Waals surface area contributed by atoms with Crippen molar-refractivity contribution in [2.75, 3.05) is 26.3 Å². The monoisotopic (exact) mass is 382 g/mol. The summed E-state index contributed by atoms with van der Waals surface area (Å²) < 4.78 is 21.5. The molecule has 1 aromatic carbocycles. The van der Waals surface area contributed by atoms with Gasteiger partial charge in [0, 0.05) is 23.7 Å². The van der Waals surface area contributed by atoms with Gasteiger partial charge >= 0.3 is 0 Å². The Morgan fingerprint density at radius 1 is 1.36 bits per heavy atom. The topological polar surface area (TPSA) is 62.9 Å². The number of morpholine rings is 1. The Morgan fingerprint density at radius 2 is 2.12 bits per heavy atom. The minimum Gasteiger partial charge on any atom is -0.492 e. The maximum Gasteiger partial charge on any atom is 0.230 e. The zero-order valence-corrected chi connectivity index (χ0v) is 15.0. The van der Waals surface area contributed by atoms with Crippen molar-refractivity contribution in [1.82, 2.24) is 19.5 Å². The van der Waals surface area contributed by atoms with Crippen molar-refractivity contribution < 1.29 is 14.2 Å². The molecule has 0 aliphatic carbocycles. The second-order valence-electron chi connectivity index (χ2n) is 5.83. The highest BCUT2D eigenvalue weighted by Gasteiger charge is 2.33. The Labute approximate surface area is 152 Å². The smallest absolute Gasteiger partial charge is 0.230 e. The van der Waals surface area contributed by atoms with Crippen LogP contribution in [0.4, 0.5) is 4.39 Å². The van der Waals surface area contributed by atoms with Gasteiger partial charge in [-0.25, -0.2) is 9.37 Å². The van der Waals surface area contributed by atoms with Crippen LogP contribution in [0.1, 0.15) is 22.3 Å². The fraction of sp³-hybridized carbons (Fsp3) is 0.375. The molecule has 0 bridgehead atoms. The molecule has 0 saturated carbocycles. The van der Waals surface area contributed by atoms with Crippen molar-refractivity contribution in [3.05, 3.63) is 45.3 Å². The maximum absolute atomic E-state index is 14.7. The number of halogens is 2. The van der Waals surface area contributed by atoms with Crippen LogP contribution in [0.15, 0.2) is 18.2 Å². The van der Waals surface area contributed by atoms with Crippen molar-refractivity contribution in [3.8, 4) is 5.88 Å². The quantitative estimate of drug-likeness (QED) is 0.754. The van der Waals surface area contributed by atoms with E-state index < -0.39 is 11.9 Å². The zero-order chi connectivity index (χ0) is 17.6. The number of fused-ring (bicyclic) bond motifs is 1. The van der Waals surface area contributed by atoms with Crippen LogP contribution in [0.5, 0.6) is 5.88 Å². The van der Waals surface area contributed by atoms with E-state index >= 15 is 0 Å². The van der Waals surface area contributed by atoms with Crippen molar-refractivity contribution in [3.63, 3.8) is 0 Å². The van der Waals surface area contributed by atoms with Gasteiger partial charge in [-0.2, -0.15) is 4.52 Å². The maximum atomic E-state index is 14.7. The molecule has 132 valence electrons. The summed E-state index contributed by atoms with van der Waals surface area (Å²) in [6.07, 6.45) is 0. The Hall–Kier alpha value is -1.74. The molecule has 6 nitrogen and oxygen atoms in total. The first-order chi connectivity index (χ1) is 12.1. The minimum absolute atomic E-state index is 0.0311. The van der Waals surface area contributed by atoms with Crippen molar-refractivity contribution >= 4 is 27.9 Å². The Kier molecular flexibility index (Phi) is 4.36. The Morgan fingerprint density at radius 3 is 2.80 bits per heavy atom. The van der Waals surface area contributed by atoms with Gasteiger partial charge in [0.15, 0.2) is 0 Å². The second kappa shape index (κ2) is 6.53. The van der Waals surface area contributed by atoms with Gasteiger partial charge in [-0.1, -0.05) is 29.0 Å². The molecule has 1 unspecified atom stereocenters. The van der Waals surface area contributed by atoms with Gasteiger partial charge in [0.1, 0.15) is 11.6 Å². The first kappa shape index (κ1) is 16.7. The number of hydrogen-bond acceptors (Lipinski definition) is 6. The lowest BCUT2D eigenvalue weighted by molar-refractivity contribution is 0.0235. The Bertz CT molecular complexity index is 902. The number of aromatic nitrogens is 3. The van der Waals surface area contributed by atoms with E-state index in [4.69, 9.17) is 16.3 Å². The van der Waals surface area contributed by atoms with E-state index in [1.807, 2.05) is 0 Å². The lowest BCUT2D eigenvalue weighted by atomic mass is 10.0. The molecule has 1 atom stereocenters. The largest absolute Gasteiger partial charge is 0.492 e. The molecule has 4 rings (SSSR count). The third kappa shape index (κ3) is 2.89. The lowest BCUT2D eigenvalue weighted by Gasteiger charge is -2.34. The molecule has 9 heteroatoms. The highest BCUT2D eigenvalue weighted by molar-refractivity contribution is 7.17. The number of hydrogen-bond donors (Lipinski definition) is 1. The highest BCUT2D eigenvalue weighted by Crippen LogP contribution is 2.43. The van der Waals surface area contributed by atoms with Crippen LogP contribution >= 0.6 is 22.9 Å². The van der Waals surface area contributed by atoms with E-state index in [2.05, 4.69) is 15.0 Å². The first-order valence-electron chi connectivity index (χ1n) is 7.87. The molecular weight excluding hydrogens is 367 g/mol. The van der Waals surface area contributed by atoms with Gasteiger partial charge in [-0.05, 0) is 19.1 Å². The van der Waals surface area contributed by atoms with Gasteiger partial charge in [0.05, 0.1) is 24.1 Å². The second-order valence-corrected chi connectivity index (χ2v) is 7.25. The predicted octanol–water partition coefficient (Wildman–Crippen LogP) is 3.02. The molecule has 3 aromatic rings. The SMILES string of the molecule is Cc1nc2sc(C(c3c(F)cccc3Cl)N3CCOCC3)c(O)n2n1. The van der Waals surface area contributed by atoms with E-state index in [0.29, 0.717) is 52.6 Å². The molecule has 0 spiro atoms. The van der Waals surface area contributed by atoms with E-state index in [0.717, 1.165) is 0 Å². The normalized spacial score (nSPS) is 17.2. The van der Waals surface area contributed by atoms with Crippen LogP contribution in [0.2, 0.25) is 5.02 Å². The van der Waals surface area contributed by atoms with Crippen LogP contribution in [0, 0.1) is 12.7 Å². The molecule has 25 heavy (non-hydrogen) atoms. The van der Waals surface area contributed by atoms with Crippen LogP contribution in [0.3, 0.4) is 0 Å². The van der Waals surface area contributed by atoms with Gasteiger partial charge in [0.2, 0.25) is 10.8 Å². The fourth-order valence-electron chi connectivity index (χ4n) is 3.11. The molecule has 1 fully saturated rings. The molecule has 2 aromatic heterocycles. The highest BCUT2D eigenvalue weighted by atomic mass is 35.5. The van der Waals surface area contributed by atoms with Crippen molar-refractivity contribution in [1.29, 1.82) is 0 Å². The number of ether oxygens (including phenoxy) is 1. The molecule has 1 N–H and O–H groups in total. The van der Waals surface area contributed by atoms with Gasteiger partial charge in [-0.3, -0.25) is 4.90 Å². The summed E-state index contributed by atoms with van der Waals surface area (Å²) in [5, 5.41) is 15.2. The predicted molar refractivity (Wildman–Crippen MR) is 92.9 cm³/mol. The third-order valence-electron chi connectivity index (χ3n) is 4.24. The lowest BCUT2D eigenvalue weighted by Crippen LogP contribution is -2.39. The minimum atomic E-state index is -0.522. The van der Waals surface area contributed by atoms with Gasteiger partial charge in [0.25, 0.3) is 0 Å². The van der Waals surface area contributed by atoms with E-state index in [1.165, 1.54) is 21.9 Å².